The highest BCUT2D eigenvalue weighted by atomic mass is 32.1. The van der Waals surface area contributed by atoms with E-state index < -0.39 is 0 Å². The predicted octanol–water partition coefficient (Wildman–Crippen LogP) is 3.21. The zero-order valence-corrected chi connectivity index (χ0v) is 10.5. The van der Waals surface area contributed by atoms with Crippen molar-refractivity contribution < 1.29 is 14.2 Å². The fourth-order valence-electron chi connectivity index (χ4n) is 1.90. The summed E-state index contributed by atoms with van der Waals surface area (Å²) in [6.45, 7) is 0.251. The summed E-state index contributed by atoms with van der Waals surface area (Å²) in [4.78, 5) is 9.26. The van der Waals surface area contributed by atoms with Gasteiger partial charge in [0.25, 0.3) is 0 Å². The molecule has 5 nitrogen and oxygen atoms in total. The molecular weight excluding hydrogens is 264 g/mol. The van der Waals surface area contributed by atoms with Gasteiger partial charge in [0.2, 0.25) is 12.7 Å². The number of aromatic nitrogens is 2. The molecule has 3 aromatic rings. The van der Waals surface area contributed by atoms with Gasteiger partial charge >= 0.3 is 0 Å². The molecule has 4 rings (SSSR count). The van der Waals surface area contributed by atoms with Crippen LogP contribution in [-0.4, -0.2) is 16.8 Å². The summed E-state index contributed by atoms with van der Waals surface area (Å²) >= 11 is 1.56. The highest BCUT2D eigenvalue weighted by Gasteiger charge is 2.15. The Morgan fingerprint density at radius 2 is 2.05 bits per heavy atom. The molecule has 3 heterocycles. The average molecular weight is 272 g/mol. The van der Waals surface area contributed by atoms with Gasteiger partial charge in [-0.2, -0.15) is 0 Å². The molecule has 0 saturated heterocycles. The number of rotatable bonds is 2. The molecule has 0 spiro atoms. The Balaban J connectivity index is 1.73. The molecule has 0 atom stereocenters. The van der Waals surface area contributed by atoms with Crippen LogP contribution < -0.4 is 14.2 Å². The summed E-state index contributed by atoms with van der Waals surface area (Å²) in [6.07, 6.45) is 1.50. The number of ether oxygens (including phenoxy) is 3. The molecule has 2 aromatic heterocycles. The second-order valence-corrected chi connectivity index (χ2v) is 4.83. The van der Waals surface area contributed by atoms with E-state index in [1.165, 1.54) is 6.33 Å². The Kier molecular flexibility index (Phi) is 2.28. The number of hydrogen-bond donors (Lipinski definition) is 0. The molecule has 0 saturated carbocycles. The van der Waals surface area contributed by atoms with Crippen molar-refractivity contribution in [1.29, 1.82) is 0 Å². The van der Waals surface area contributed by atoms with Crippen LogP contribution in [0.4, 0.5) is 0 Å². The zero-order chi connectivity index (χ0) is 12.7. The Morgan fingerprint density at radius 3 is 3.05 bits per heavy atom. The summed E-state index contributed by atoms with van der Waals surface area (Å²) in [5.74, 6) is 2.63. The van der Waals surface area contributed by atoms with Crippen molar-refractivity contribution in [2.45, 2.75) is 0 Å². The minimum atomic E-state index is 0.251. The van der Waals surface area contributed by atoms with Gasteiger partial charge in [-0.25, -0.2) is 9.97 Å². The Morgan fingerprint density at radius 1 is 1.11 bits per heavy atom. The summed E-state index contributed by atoms with van der Waals surface area (Å²) in [5.41, 5.74) is 0. The fraction of sp³-hybridized carbons (Fsp3) is 0.0769. The second kappa shape index (κ2) is 4.10. The first-order valence-electron chi connectivity index (χ1n) is 5.66. The van der Waals surface area contributed by atoms with E-state index in [9.17, 15) is 0 Å². The molecule has 94 valence electrons. The molecule has 1 aliphatic heterocycles. The lowest BCUT2D eigenvalue weighted by Crippen LogP contribution is -1.93. The van der Waals surface area contributed by atoms with Gasteiger partial charge < -0.3 is 14.2 Å². The van der Waals surface area contributed by atoms with Crippen LogP contribution in [0.15, 0.2) is 36.0 Å². The molecular formula is C13H8N2O3S. The molecule has 1 aromatic carbocycles. The van der Waals surface area contributed by atoms with Gasteiger partial charge in [0, 0.05) is 6.07 Å². The molecule has 0 amide bonds. The Labute approximate surface area is 112 Å². The van der Waals surface area contributed by atoms with E-state index in [1.54, 1.807) is 17.4 Å². The molecule has 0 radical (unpaired) electrons. The molecule has 1 aliphatic rings. The first-order chi connectivity index (χ1) is 9.40. The van der Waals surface area contributed by atoms with E-state index in [0.29, 0.717) is 17.4 Å². The third kappa shape index (κ3) is 1.77. The molecule has 19 heavy (non-hydrogen) atoms. The number of thiophene rings is 1. The van der Waals surface area contributed by atoms with Gasteiger partial charge in [0.1, 0.15) is 16.9 Å². The van der Waals surface area contributed by atoms with Crippen molar-refractivity contribution in [2.75, 3.05) is 6.79 Å². The van der Waals surface area contributed by atoms with Crippen LogP contribution in [0.1, 0.15) is 0 Å². The van der Waals surface area contributed by atoms with E-state index in [1.807, 2.05) is 23.6 Å². The van der Waals surface area contributed by atoms with Crippen LogP contribution in [0.5, 0.6) is 23.1 Å². The predicted molar refractivity (Wildman–Crippen MR) is 70.1 cm³/mol. The van der Waals surface area contributed by atoms with Crippen LogP contribution >= 0.6 is 11.3 Å². The van der Waals surface area contributed by atoms with E-state index in [-0.39, 0.29) is 6.79 Å². The van der Waals surface area contributed by atoms with Crippen molar-refractivity contribution in [3.63, 3.8) is 0 Å². The normalized spacial score (nSPS) is 12.8. The molecule has 6 heteroatoms. The lowest BCUT2D eigenvalue weighted by atomic mass is 10.3. The fourth-order valence-corrected chi connectivity index (χ4v) is 2.62. The first kappa shape index (κ1) is 10.6. The number of fused-ring (bicyclic) bond motifs is 2. The molecule has 0 aliphatic carbocycles. The molecule has 0 unspecified atom stereocenters. The number of benzene rings is 1. The largest absolute Gasteiger partial charge is 0.454 e. The smallest absolute Gasteiger partial charge is 0.231 e. The summed E-state index contributed by atoms with van der Waals surface area (Å²) < 4.78 is 16.4. The van der Waals surface area contributed by atoms with Crippen molar-refractivity contribution in [3.05, 3.63) is 36.0 Å². The third-order valence-electron chi connectivity index (χ3n) is 2.78. The van der Waals surface area contributed by atoms with Crippen molar-refractivity contribution in [1.82, 2.24) is 9.97 Å². The lowest BCUT2D eigenvalue weighted by Gasteiger charge is -2.06. The zero-order valence-electron chi connectivity index (χ0n) is 9.70. The van der Waals surface area contributed by atoms with E-state index in [4.69, 9.17) is 14.2 Å². The van der Waals surface area contributed by atoms with Crippen molar-refractivity contribution in [3.8, 4) is 23.1 Å². The van der Waals surface area contributed by atoms with Gasteiger partial charge in [0.15, 0.2) is 11.5 Å². The van der Waals surface area contributed by atoms with E-state index in [0.717, 1.165) is 16.0 Å². The van der Waals surface area contributed by atoms with Crippen LogP contribution in [0, 0.1) is 0 Å². The minimum absolute atomic E-state index is 0.251. The summed E-state index contributed by atoms with van der Waals surface area (Å²) in [6, 6.07) is 7.39. The minimum Gasteiger partial charge on any atom is -0.454 e. The third-order valence-corrected chi connectivity index (χ3v) is 3.60. The first-order valence-corrected chi connectivity index (χ1v) is 6.54. The number of nitrogens with zero attached hydrogens (tertiary/aromatic N) is 2. The molecule has 0 fully saturated rings. The van der Waals surface area contributed by atoms with Gasteiger partial charge in [-0.1, -0.05) is 0 Å². The van der Waals surface area contributed by atoms with Crippen LogP contribution in [0.2, 0.25) is 0 Å². The number of hydrogen-bond acceptors (Lipinski definition) is 6. The Hall–Kier alpha value is -2.34. The van der Waals surface area contributed by atoms with Crippen molar-refractivity contribution >= 4 is 21.6 Å². The van der Waals surface area contributed by atoms with Gasteiger partial charge in [-0.05, 0) is 23.6 Å². The summed E-state index contributed by atoms with van der Waals surface area (Å²) in [7, 11) is 0. The maximum Gasteiger partial charge on any atom is 0.231 e. The summed E-state index contributed by atoms with van der Waals surface area (Å²) in [5, 5.41) is 2.87. The Bertz CT molecular complexity index is 756. The lowest BCUT2D eigenvalue weighted by molar-refractivity contribution is 0.174. The maximum absolute atomic E-state index is 5.80. The molecule has 0 N–H and O–H groups in total. The highest BCUT2D eigenvalue weighted by molar-refractivity contribution is 7.16. The van der Waals surface area contributed by atoms with Gasteiger partial charge in [0.05, 0.1) is 5.39 Å². The van der Waals surface area contributed by atoms with Gasteiger partial charge in [-0.15, -0.1) is 11.3 Å². The second-order valence-electron chi connectivity index (χ2n) is 3.94. The van der Waals surface area contributed by atoms with E-state index >= 15 is 0 Å². The average Bonchev–Trinajstić information content (AvgIpc) is 3.06. The van der Waals surface area contributed by atoms with Crippen molar-refractivity contribution in [2.24, 2.45) is 0 Å². The highest BCUT2D eigenvalue weighted by Crippen LogP contribution is 2.37. The van der Waals surface area contributed by atoms with E-state index in [2.05, 4.69) is 9.97 Å². The van der Waals surface area contributed by atoms with Gasteiger partial charge in [-0.3, -0.25) is 0 Å². The molecule has 0 bridgehead atoms. The van der Waals surface area contributed by atoms with Crippen LogP contribution in [-0.2, 0) is 0 Å². The monoisotopic (exact) mass is 272 g/mol. The topological polar surface area (TPSA) is 53.5 Å². The van der Waals surface area contributed by atoms with Crippen LogP contribution in [0.3, 0.4) is 0 Å². The SMILES string of the molecule is c1nc(Oc2ccc3c(c2)OCO3)c2ccsc2n1. The quantitative estimate of drug-likeness (QED) is 0.717. The maximum atomic E-state index is 5.80. The van der Waals surface area contributed by atoms with Crippen LogP contribution in [0.25, 0.3) is 10.2 Å². The standard InChI is InChI=1S/C13H8N2O3S/c1-2-10-11(17-7-16-10)5-8(1)18-12-9-3-4-19-13(9)15-6-14-12/h1-6H,7H2.